The molecule has 0 aliphatic rings. The first-order valence-electron chi connectivity index (χ1n) is 8.41. The number of hydrogen-bond donors (Lipinski definition) is 1. The number of H-pyrrole nitrogens is 1. The van der Waals surface area contributed by atoms with E-state index >= 15 is 0 Å². The van der Waals surface area contributed by atoms with Crippen LogP contribution >= 0.6 is 34.7 Å². The van der Waals surface area contributed by atoms with Crippen molar-refractivity contribution in [1.29, 1.82) is 0 Å². The number of thioether (sulfide) groups is 1. The van der Waals surface area contributed by atoms with Crippen molar-refractivity contribution in [2.24, 2.45) is 0 Å². The number of nitrogens with one attached hydrogen (secondary N) is 1. The van der Waals surface area contributed by atoms with Crippen LogP contribution in [0.15, 0.2) is 62.3 Å². The second-order valence-electron chi connectivity index (χ2n) is 5.95. The maximum Gasteiger partial charge on any atom is 0.290 e. The molecule has 0 radical (unpaired) electrons. The van der Waals surface area contributed by atoms with Crippen LogP contribution in [-0.2, 0) is 5.75 Å². The molecule has 0 saturated carbocycles. The molecule has 29 heavy (non-hydrogen) atoms. The lowest BCUT2D eigenvalue weighted by molar-refractivity contribution is 0.391. The Kier molecular flexibility index (Phi) is 4.66. The van der Waals surface area contributed by atoms with Crippen LogP contribution in [0, 0.1) is 0 Å². The van der Waals surface area contributed by atoms with Crippen LogP contribution in [0.2, 0.25) is 5.02 Å². The topological polar surface area (TPSA) is 102 Å². The molecule has 1 N–H and O–H groups in total. The first-order chi connectivity index (χ1) is 14.2. The summed E-state index contributed by atoms with van der Waals surface area (Å²) in [4.78, 5) is 17.5. The van der Waals surface area contributed by atoms with Crippen LogP contribution in [0.25, 0.3) is 27.5 Å². The number of nitrogens with zero attached hydrogens (tertiary/aromatic N) is 5. The molecular formula is C18H11ClN6O2S2. The van der Waals surface area contributed by atoms with Gasteiger partial charge in [-0.2, -0.15) is 10.1 Å². The Balaban J connectivity index is 1.40. The molecule has 4 heterocycles. The zero-order valence-electron chi connectivity index (χ0n) is 14.6. The van der Waals surface area contributed by atoms with E-state index in [0.717, 1.165) is 16.1 Å². The molecule has 1 aromatic carbocycles. The summed E-state index contributed by atoms with van der Waals surface area (Å²) in [6.45, 7) is 0. The first-order valence-corrected chi connectivity index (χ1v) is 10.7. The second kappa shape index (κ2) is 7.47. The minimum atomic E-state index is -0.299. The number of thiophene rings is 1. The Hall–Kier alpha value is -2.95. The third kappa shape index (κ3) is 3.57. The number of hydrogen-bond acceptors (Lipinski definition) is 8. The number of halogens is 1. The number of benzene rings is 1. The Bertz CT molecular complexity index is 1340. The molecule has 0 saturated heterocycles. The van der Waals surface area contributed by atoms with Crippen molar-refractivity contribution in [3.05, 3.63) is 69.1 Å². The molecule has 5 aromatic rings. The van der Waals surface area contributed by atoms with Crippen molar-refractivity contribution in [1.82, 2.24) is 30.0 Å². The predicted molar refractivity (Wildman–Crippen MR) is 111 cm³/mol. The van der Waals surface area contributed by atoms with E-state index in [-0.39, 0.29) is 5.56 Å². The number of aromatic amines is 1. The van der Waals surface area contributed by atoms with Gasteiger partial charge in [-0.05, 0) is 41.8 Å². The summed E-state index contributed by atoms with van der Waals surface area (Å²) in [7, 11) is 0. The lowest BCUT2D eigenvalue weighted by atomic mass is 10.2. The molecule has 5 rings (SSSR count). The van der Waals surface area contributed by atoms with E-state index in [2.05, 4.69) is 25.4 Å². The number of fused-ring (bicyclic) bond motifs is 1. The van der Waals surface area contributed by atoms with E-state index in [9.17, 15) is 4.79 Å². The highest BCUT2D eigenvalue weighted by molar-refractivity contribution is 7.98. The lowest BCUT2D eigenvalue weighted by Crippen LogP contribution is -2.13. The van der Waals surface area contributed by atoms with Crippen molar-refractivity contribution in [2.75, 3.05) is 0 Å². The molecular weight excluding hydrogens is 432 g/mol. The maximum absolute atomic E-state index is 12.1. The molecule has 0 bridgehead atoms. The van der Waals surface area contributed by atoms with E-state index in [4.69, 9.17) is 16.1 Å². The van der Waals surface area contributed by atoms with E-state index in [1.807, 2.05) is 29.6 Å². The van der Waals surface area contributed by atoms with Crippen molar-refractivity contribution in [3.8, 4) is 22.0 Å². The summed E-state index contributed by atoms with van der Waals surface area (Å²) in [6, 6.07) is 12.8. The quantitative estimate of drug-likeness (QED) is 0.408. The van der Waals surface area contributed by atoms with Crippen molar-refractivity contribution >= 4 is 40.2 Å². The molecule has 0 atom stereocenters. The van der Waals surface area contributed by atoms with Crippen LogP contribution < -0.4 is 5.56 Å². The monoisotopic (exact) mass is 442 g/mol. The van der Waals surface area contributed by atoms with Crippen LogP contribution in [0.3, 0.4) is 0 Å². The molecule has 0 aliphatic carbocycles. The smallest absolute Gasteiger partial charge is 0.290 e. The minimum Gasteiger partial charge on any atom is -0.338 e. The fourth-order valence-corrected chi connectivity index (χ4v) is 4.23. The Morgan fingerprint density at radius 3 is 2.90 bits per heavy atom. The molecule has 0 fully saturated rings. The summed E-state index contributed by atoms with van der Waals surface area (Å²) in [6.07, 6.45) is 0. The SMILES string of the molecule is O=c1[nH]nc(SCc2nc(-c3ccc(Cl)cc3)no2)n2nc(-c3cccs3)cc12. The van der Waals surface area contributed by atoms with Crippen molar-refractivity contribution in [2.45, 2.75) is 10.9 Å². The molecule has 144 valence electrons. The molecule has 0 aliphatic heterocycles. The standard InChI is InChI=1S/C18H11ClN6O2S2/c19-11-5-3-10(4-6-11)16-20-15(27-24-16)9-29-18-22-21-17(26)13-8-12(23-25(13)18)14-2-1-7-28-14/h1-8H,9H2,(H,21,26). The Morgan fingerprint density at radius 2 is 2.10 bits per heavy atom. The molecule has 8 nitrogen and oxygen atoms in total. The van der Waals surface area contributed by atoms with E-state index in [1.54, 1.807) is 29.5 Å². The average molecular weight is 443 g/mol. The second-order valence-corrected chi connectivity index (χ2v) is 8.27. The Morgan fingerprint density at radius 1 is 1.24 bits per heavy atom. The molecule has 4 aromatic heterocycles. The average Bonchev–Trinajstić information content (AvgIpc) is 3.48. The largest absolute Gasteiger partial charge is 0.338 e. The van der Waals surface area contributed by atoms with Gasteiger partial charge in [-0.1, -0.05) is 34.6 Å². The van der Waals surface area contributed by atoms with Crippen molar-refractivity contribution in [3.63, 3.8) is 0 Å². The molecule has 0 spiro atoms. The van der Waals surface area contributed by atoms with Gasteiger partial charge in [-0.15, -0.1) is 16.4 Å². The zero-order valence-corrected chi connectivity index (χ0v) is 17.0. The molecule has 11 heteroatoms. The van der Waals surface area contributed by atoms with Crippen LogP contribution in [0.5, 0.6) is 0 Å². The van der Waals surface area contributed by atoms with Gasteiger partial charge in [0.1, 0.15) is 11.2 Å². The van der Waals surface area contributed by atoms with Gasteiger partial charge in [0.15, 0.2) is 0 Å². The lowest BCUT2D eigenvalue weighted by Gasteiger charge is -2.00. The van der Waals surface area contributed by atoms with E-state index in [0.29, 0.717) is 33.2 Å². The van der Waals surface area contributed by atoms with Gasteiger partial charge in [-0.3, -0.25) is 4.79 Å². The minimum absolute atomic E-state index is 0.299. The van der Waals surface area contributed by atoms with Crippen molar-refractivity contribution < 1.29 is 4.52 Å². The highest BCUT2D eigenvalue weighted by atomic mass is 35.5. The number of aromatic nitrogens is 6. The molecule has 0 unspecified atom stereocenters. The van der Waals surface area contributed by atoms with Crippen LogP contribution in [0.4, 0.5) is 0 Å². The number of rotatable bonds is 5. The van der Waals surface area contributed by atoms with E-state index in [1.165, 1.54) is 16.3 Å². The summed E-state index contributed by atoms with van der Waals surface area (Å²) in [5.74, 6) is 1.30. The van der Waals surface area contributed by atoms with Gasteiger partial charge in [0.05, 0.1) is 10.6 Å². The fourth-order valence-electron chi connectivity index (χ4n) is 2.69. The first kappa shape index (κ1) is 18.1. The predicted octanol–water partition coefficient (Wildman–Crippen LogP) is 4.14. The van der Waals surface area contributed by atoms with Crippen LogP contribution in [-0.4, -0.2) is 30.0 Å². The van der Waals surface area contributed by atoms with Crippen LogP contribution in [0.1, 0.15) is 5.89 Å². The van der Waals surface area contributed by atoms with Gasteiger partial charge in [0.2, 0.25) is 16.9 Å². The van der Waals surface area contributed by atoms with Gasteiger partial charge >= 0.3 is 0 Å². The summed E-state index contributed by atoms with van der Waals surface area (Å²) in [5.41, 5.74) is 1.67. The molecule has 0 amide bonds. The third-order valence-electron chi connectivity index (χ3n) is 4.05. The summed E-state index contributed by atoms with van der Waals surface area (Å²) in [5, 5.41) is 18.3. The van der Waals surface area contributed by atoms with Gasteiger partial charge in [-0.25, -0.2) is 9.61 Å². The van der Waals surface area contributed by atoms with Gasteiger partial charge < -0.3 is 4.52 Å². The maximum atomic E-state index is 12.1. The third-order valence-corrected chi connectivity index (χ3v) is 6.10. The normalized spacial score (nSPS) is 11.3. The van der Waals surface area contributed by atoms with Gasteiger partial charge in [0, 0.05) is 10.6 Å². The Labute approximate surface area is 176 Å². The highest BCUT2D eigenvalue weighted by Gasteiger charge is 2.15. The zero-order chi connectivity index (χ0) is 19.8. The summed E-state index contributed by atoms with van der Waals surface area (Å²) >= 11 is 8.80. The van der Waals surface area contributed by atoms with E-state index < -0.39 is 0 Å². The summed E-state index contributed by atoms with van der Waals surface area (Å²) < 4.78 is 6.87. The van der Waals surface area contributed by atoms with Gasteiger partial charge in [0.25, 0.3) is 5.56 Å². The highest BCUT2D eigenvalue weighted by Crippen LogP contribution is 2.26. The fraction of sp³-hybridized carbons (Fsp3) is 0.0556.